The first-order chi connectivity index (χ1) is 11.8. The molecule has 0 N–H and O–H groups in total. The molecule has 2 fully saturated rings. The molecule has 1 aliphatic carbocycles. The zero-order valence-corrected chi connectivity index (χ0v) is 14.6. The molecule has 130 valence electrons. The molecule has 2 aliphatic heterocycles. The summed E-state index contributed by atoms with van der Waals surface area (Å²) in [6, 6.07) is 9.20. The third-order valence-corrected chi connectivity index (χ3v) is 6.02. The molecule has 1 amide bonds. The van der Waals surface area contributed by atoms with E-state index in [1.54, 1.807) is 0 Å². The predicted molar refractivity (Wildman–Crippen MR) is 97.4 cm³/mol. The van der Waals surface area contributed by atoms with Crippen molar-refractivity contribution in [3.05, 3.63) is 29.8 Å². The van der Waals surface area contributed by atoms with Gasteiger partial charge in [0.2, 0.25) is 5.91 Å². The molecule has 0 aromatic heterocycles. The molecule has 0 spiro atoms. The van der Waals surface area contributed by atoms with Gasteiger partial charge in [0.05, 0.1) is 6.54 Å². The smallest absolute Gasteiger partial charge is 0.241 e. The Labute approximate surface area is 145 Å². The van der Waals surface area contributed by atoms with Crippen LogP contribution in [0.2, 0.25) is 0 Å². The van der Waals surface area contributed by atoms with Gasteiger partial charge in [-0.05, 0) is 37.3 Å². The largest absolute Gasteiger partial charge is 0.311 e. The summed E-state index contributed by atoms with van der Waals surface area (Å²) in [6.45, 7) is 5.79. The number of anilines is 1. The van der Waals surface area contributed by atoms with E-state index < -0.39 is 0 Å². The van der Waals surface area contributed by atoms with Crippen LogP contribution in [0, 0.1) is 0 Å². The summed E-state index contributed by atoms with van der Waals surface area (Å²) in [5.41, 5.74) is 2.46. The van der Waals surface area contributed by atoms with Crippen LogP contribution in [0.1, 0.15) is 37.7 Å². The highest BCUT2D eigenvalue weighted by Gasteiger charge is 2.28. The first-order valence-electron chi connectivity index (χ1n) is 9.66. The number of aryl methyl sites for hydroxylation is 1. The fourth-order valence-corrected chi connectivity index (χ4v) is 4.63. The van der Waals surface area contributed by atoms with Gasteiger partial charge in [-0.1, -0.05) is 31.0 Å². The Bertz CT molecular complexity index is 574. The van der Waals surface area contributed by atoms with Crippen LogP contribution >= 0.6 is 0 Å². The highest BCUT2D eigenvalue weighted by Crippen LogP contribution is 2.27. The van der Waals surface area contributed by atoms with E-state index in [0.29, 0.717) is 6.54 Å². The minimum Gasteiger partial charge on any atom is -0.311 e. The van der Waals surface area contributed by atoms with Crippen LogP contribution in [0.15, 0.2) is 24.3 Å². The van der Waals surface area contributed by atoms with Crippen LogP contribution in [0.4, 0.5) is 5.69 Å². The van der Waals surface area contributed by atoms with Crippen molar-refractivity contribution in [2.24, 2.45) is 0 Å². The molecular formula is C20H29N3O. The summed E-state index contributed by atoms with van der Waals surface area (Å²) in [7, 11) is 0. The van der Waals surface area contributed by atoms with Gasteiger partial charge in [-0.25, -0.2) is 0 Å². The summed E-state index contributed by atoms with van der Waals surface area (Å²) >= 11 is 0. The lowest BCUT2D eigenvalue weighted by molar-refractivity contribution is -0.120. The maximum atomic E-state index is 12.8. The van der Waals surface area contributed by atoms with Crippen molar-refractivity contribution in [1.82, 2.24) is 9.80 Å². The number of rotatable bonds is 3. The molecule has 24 heavy (non-hydrogen) atoms. The van der Waals surface area contributed by atoms with Crippen molar-refractivity contribution in [3.63, 3.8) is 0 Å². The minimum absolute atomic E-state index is 0.275. The molecule has 4 heteroatoms. The molecule has 0 radical (unpaired) electrons. The van der Waals surface area contributed by atoms with Gasteiger partial charge in [-0.15, -0.1) is 0 Å². The Hall–Kier alpha value is -1.39. The number of hydrogen-bond acceptors (Lipinski definition) is 3. The van der Waals surface area contributed by atoms with Gasteiger partial charge in [0.1, 0.15) is 0 Å². The topological polar surface area (TPSA) is 26.8 Å². The highest BCUT2D eigenvalue weighted by atomic mass is 16.2. The second-order valence-electron chi connectivity index (χ2n) is 7.53. The van der Waals surface area contributed by atoms with Gasteiger partial charge in [0.25, 0.3) is 0 Å². The number of fused-ring (bicyclic) bond motifs is 1. The highest BCUT2D eigenvalue weighted by molar-refractivity contribution is 5.95. The average Bonchev–Trinajstić information content (AvgIpc) is 3.16. The van der Waals surface area contributed by atoms with E-state index in [1.807, 2.05) is 11.0 Å². The van der Waals surface area contributed by atoms with E-state index in [0.717, 1.165) is 57.3 Å². The van der Waals surface area contributed by atoms with E-state index in [-0.39, 0.29) is 5.91 Å². The van der Waals surface area contributed by atoms with Crippen LogP contribution in [-0.4, -0.2) is 61.0 Å². The number of hydrogen-bond donors (Lipinski definition) is 0. The van der Waals surface area contributed by atoms with Crippen molar-refractivity contribution in [3.8, 4) is 0 Å². The molecule has 3 aliphatic rings. The Kier molecular flexibility index (Phi) is 4.86. The van der Waals surface area contributed by atoms with Crippen molar-refractivity contribution in [2.75, 3.05) is 44.2 Å². The first-order valence-corrected chi connectivity index (χ1v) is 9.66. The van der Waals surface area contributed by atoms with Gasteiger partial charge >= 0.3 is 0 Å². The standard InChI is InChI=1S/C20H29N3O/c24-20(23-11-5-7-17-6-1-4-10-19(17)23)16-21-12-14-22(15-13-21)18-8-2-3-9-18/h1,4,6,10,18H,2-3,5,7-9,11-16H2. The van der Waals surface area contributed by atoms with Gasteiger partial charge in [0.15, 0.2) is 0 Å². The van der Waals surface area contributed by atoms with Crippen molar-refractivity contribution in [2.45, 2.75) is 44.6 Å². The van der Waals surface area contributed by atoms with Gasteiger partial charge in [0, 0.05) is 44.5 Å². The molecule has 4 rings (SSSR count). The Morgan fingerprint density at radius 3 is 2.50 bits per heavy atom. The van der Waals surface area contributed by atoms with Gasteiger partial charge < -0.3 is 4.90 Å². The Morgan fingerprint density at radius 1 is 0.958 bits per heavy atom. The lowest BCUT2D eigenvalue weighted by Gasteiger charge is -2.39. The molecule has 1 saturated carbocycles. The van der Waals surface area contributed by atoms with Crippen LogP contribution in [0.5, 0.6) is 0 Å². The normalized spacial score (nSPS) is 23.4. The van der Waals surface area contributed by atoms with Gasteiger partial charge in [-0.3, -0.25) is 14.6 Å². The first kappa shape index (κ1) is 16.1. The minimum atomic E-state index is 0.275. The summed E-state index contributed by atoms with van der Waals surface area (Å²) in [5.74, 6) is 0.275. The van der Waals surface area contributed by atoms with E-state index in [9.17, 15) is 4.79 Å². The van der Waals surface area contributed by atoms with Crippen LogP contribution in [0.25, 0.3) is 0 Å². The lowest BCUT2D eigenvalue weighted by atomic mass is 10.0. The molecule has 0 bridgehead atoms. The third-order valence-electron chi connectivity index (χ3n) is 6.02. The number of carbonyl (C=O) groups is 1. The van der Waals surface area contributed by atoms with Crippen LogP contribution in [0.3, 0.4) is 0 Å². The lowest BCUT2D eigenvalue weighted by Crippen LogP contribution is -2.52. The molecular weight excluding hydrogens is 298 g/mol. The molecule has 0 unspecified atom stereocenters. The second-order valence-corrected chi connectivity index (χ2v) is 7.53. The SMILES string of the molecule is O=C(CN1CCN(C2CCCC2)CC1)N1CCCc2ccccc21. The summed E-state index contributed by atoms with van der Waals surface area (Å²) < 4.78 is 0. The number of nitrogens with zero attached hydrogens (tertiary/aromatic N) is 3. The molecule has 1 saturated heterocycles. The van der Waals surface area contributed by atoms with Gasteiger partial charge in [-0.2, -0.15) is 0 Å². The summed E-state index contributed by atoms with van der Waals surface area (Å²) in [5, 5.41) is 0. The van der Waals surface area contributed by atoms with Crippen molar-refractivity contribution < 1.29 is 4.79 Å². The zero-order valence-electron chi connectivity index (χ0n) is 14.6. The fraction of sp³-hybridized carbons (Fsp3) is 0.650. The quantitative estimate of drug-likeness (QED) is 0.853. The maximum absolute atomic E-state index is 12.8. The average molecular weight is 327 g/mol. The third kappa shape index (κ3) is 3.35. The molecule has 0 atom stereocenters. The Balaban J connectivity index is 1.33. The molecule has 1 aromatic carbocycles. The maximum Gasteiger partial charge on any atom is 0.241 e. The van der Waals surface area contributed by atoms with Crippen molar-refractivity contribution in [1.29, 1.82) is 0 Å². The fourth-order valence-electron chi connectivity index (χ4n) is 4.63. The Morgan fingerprint density at radius 2 is 1.71 bits per heavy atom. The summed E-state index contributed by atoms with van der Waals surface area (Å²) in [6.07, 6.45) is 7.74. The molecule has 4 nitrogen and oxygen atoms in total. The van der Waals surface area contributed by atoms with E-state index in [1.165, 1.54) is 31.2 Å². The van der Waals surface area contributed by atoms with E-state index >= 15 is 0 Å². The molecule has 2 heterocycles. The predicted octanol–water partition coefficient (Wildman–Crippen LogP) is 2.53. The molecule has 1 aromatic rings. The van der Waals surface area contributed by atoms with E-state index in [4.69, 9.17) is 0 Å². The zero-order chi connectivity index (χ0) is 16.4. The van der Waals surface area contributed by atoms with Crippen LogP contribution < -0.4 is 4.90 Å². The summed E-state index contributed by atoms with van der Waals surface area (Å²) in [4.78, 5) is 19.9. The van der Waals surface area contributed by atoms with Crippen molar-refractivity contribution >= 4 is 11.6 Å². The number of carbonyl (C=O) groups excluding carboxylic acids is 1. The van der Waals surface area contributed by atoms with E-state index in [2.05, 4.69) is 28.0 Å². The second kappa shape index (κ2) is 7.24. The number of benzene rings is 1. The number of para-hydroxylation sites is 1. The number of piperazine rings is 1. The number of amides is 1. The van der Waals surface area contributed by atoms with Crippen LogP contribution in [-0.2, 0) is 11.2 Å². The monoisotopic (exact) mass is 327 g/mol.